The van der Waals surface area contributed by atoms with Gasteiger partial charge in [0, 0.05) is 31.0 Å². The summed E-state index contributed by atoms with van der Waals surface area (Å²) in [5.41, 5.74) is 0.913. The van der Waals surface area contributed by atoms with E-state index >= 15 is 0 Å². The van der Waals surface area contributed by atoms with Crippen molar-refractivity contribution < 1.29 is 14.0 Å². The molecule has 3 heterocycles. The van der Waals surface area contributed by atoms with E-state index in [0.29, 0.717) is 16.9 Å². The van der Waals surface area contributed by atoms with Gasteiger partial charge in [-0.05, 0) is 19.1 Å². The summed E-state index contributed by atoms with van der Waals surface area (Å²) in [7, 11) is 0. The number of hydrogen-bond donors (Lipinski definition) is 1. The SMILES string of the molecule is C=CCN1C(=O)NC(C)C(Cc2nnc(SCc3ccccn3)o2)C1=O. The third kappa shape index (κ3) is 4.10. The molecule has 0 spiro atoms. The van der Waals surface area contributed by atoms with Crippen molar-refractivity contribution in [3.05, 3.63) is 48.6 Å². The van der Waals surface area contributed by atoms with E-state index in [-0.39, 0.29) is 24.9 Å². The Morgan fingerprint density at radius 3 is 2.96 bits per heavy atom. The van der Waals surface area contributed by atoms with Gasteiger partial charge in [-0.25, -0.2) is 4.79 Å². The van der Waals surface area contributed by atoms with Gasteiger partial charge >= 0.3 is 6.03 Å². The molecule has 26 heavy (non-hydrogen) atoms. The molecule has 2 unspecified atom stereocenters. The molecular weight excluding hydrogens is 354 g/mol. The summed E-state index contributed by atoms with van der Waals surface area (Å²) >= 11 is 1.39. The zero-order chi connectivity index (χ0) is 18.5. The average molecular weight is 373 g/mol. The molecule has 9 heteroatoms. The average Bonchev–Trinajstić information content (AvgIpc) is 3.09. The summed E-state index contributed by atoms with van der Waals surface area (Å²) in [6.45, 7) is 5.54. The first-order valence-corrected chi connectivity index (χ1v) is 9.15. The minimum Gasteiger partial charge on any atom is -0.416 e. The van der Waals surface area contributed by atoms with E-state index in [1.54, 1.807) is 13.1 Å². The summed E-state index contributed by atoms with van der Waals surface area (Å²) in [4.78, 5) is 29.9. The lowest BCUT2D eigenvalue weighted by atomic mass is 9.93. The first-order valence-electron chi connectivity index (χ1n) is 8.16. The number of aromatic nitrogens is 3. The van der Waals surface area contributed by atoms with Crippen molar-refractivity contribution in [1.82, 2.24) is 25.4 Å². The molecule has 0 radical (unpaired) electrons. The number of nitrogens with zero attached hydrogens (tertiary/aromatic N) is 4. The Labute approximate surface area is 155 Å². The minimum absolute atomic E-state index is 0.170. The molecule has 3 amide bonds. The van der Waals surface area contributed by atoms with Crippen molar-refractivity contribution in [2.45, 2.75) is 30.4 Å². The van der Waals surface area contributed by atoms with Crippen LogP contribution in [0.4, 0.5) is 4.79 Å². The molecular formula is C17H19N5O3S. The van der Waals surface area contributed by atoms with Gasteiger partial charge in [0.2, 0.25) is 11.8 Å². The molecule has 0 bridgehead atoms. The quantitative estimate of drug-likeness (QED) is 0.585. The summed E-state index contributed by atoms with van der Waals surface area (Å²) in [6, 6.07) is 4.98. The third-order valence-corrected chi connectivity index (χ3v) is 4.86. The number of imide groups is 1. The Balaban J connectivity index is 1.63. The lowest BCUT2D eigenvalue weighted by Gasteiger charge is -2.34. The van der Waals surface area contributed by atoms with Gasteiger partial charge in [-0.15, -0.1) is 16.8 Å². The van der Waals surface area contributed by atoms with E-state index < -0.39 is 11.9 Å². The monoisotopic (exact) mass is 373 g/mol. The Kier molecular flexibility index (Phi) is 5.67. The van der Waals surface area contributed by atoms with Crippen LogP contribution in [0.3, 0.4) is 0 Å². The molecule has 2 atom stereocenters. The summed E-state index contributed by atoms with van der Waals surface area (Å²) < 4.78 is 5.64. The Morgan fingerprint density at radius 1 is 1.38 bits per heavy atom. The normalized spacial score (nSPS) is 20.1. The van der Waals surface area contributed by atoms with E-state index in [9.17, 15) is 9.59 Å². The van der Waals surface area contributed by atoms with Gasteiger partial charge in [0.1, 0.15) is 0 Å². The fourth-order valence-electron chi connectivity index (χ4n) is 2.64. The number of hydrogen-bond acceptors (Lipinski definition) is 7. The van der Waals surface area contributed by atoms with E-state index in [0.717, 1.165) is 10.6 Å². The van der Waals surface area contributed by atoms with Crippen molar-refractivity contribution in [3.63, 3.8) is 0 Å². The van der Waals surface area contributed by atoms with Gasteiger partial charge in [0.25, 0.3) is 5.22 Å². The lowest BCUT2D eigenvalue weighted by molar-refractivity contribution is -0.134. The van der Waals surface area contributed by atoms with Crippen LogP contribution in [0.15, 0.2) is 46.7 Å². The summed E-state index contributed by atoms with van der Waals surface area (Å²) in [6.07, 6.45) is 3.52. The topological polar surface area (TPSA) is 101 Å². The highest BCUT2D eigenvalue weighted by Gasteiger charge is 2.39. The summed E-state index contributed by atoms with van der Waals surface area (Å²) in [5.74, 6) is 0.266. The van der Waals surface area contributed by atoms with Crippen molar-refractivity contribution in [2.24, 2.45) is 5.92 Å². The van der Waals surface area contributed by atoms with Gasteiger partial charge in [-0.3, -0.25) is 14.7 Å². The fourth-order valence-corrected chi connectivity index (χ4v) is 3.34. The van der Waals surface area contributed by atoms with Crippen molar-refractivity contribution >= 4 is 23.7 Å². The van der Waals surface area contributed by atoms with E-state index in [1.165, 1.54) is 17.8 Å². The number of amides is 3. The number of carbonyl (C=O) groups excluding carboxylic acids is 2. The maximum atomic E-state index is 12.6. The van der Waals surface area contributed by atoms with E-state index in [4.69, 9.17) is 4.42 Å². The molecule has 0 aliphatic carbocycles. The van der Waals surface area contributed by atoms with Crippen molar-refractivity contribution in [3.8, 4) is 0 Å². The molecule has 1 fully saturated rings. The van der Waals surface area contributed by atoms with Crippen molar-refractivity contribution in [1.29, 1.82) is 0 Å². The first-order chi connectivity index (χ1) is 12.6. The Morgan fingerprint density at radius 2 is 2.23 bits per heavy atom. The molecule has 1 N–H and O–H groups in total. The highest BCUT2D eigenvalue weighted by atomic mass is 32.2. The van der Waals surface area contributed by atoms with Crippen LogP contribution in [0.25, 0.3) is 0 Å². The zero-order valence-corrected chi connectivity index (χ0v) is 15.1. The van der Waals surface area contributed by atoms with Gasteiger partial charge in [-0.2, -0.15) is 0 Å². The number of carbonyl (C=O) groups is 2. The van der Waals surface area contributed by atoms with Crippen molar-refractivity contribution in [2.75, 3.05) is 6.54 Å². The second kappa shape index (κ2) is 8.13. The minimum atomic E-state index is -0.457. The molecule has 0 saturated carbocycles. The zero-order valence-electron chi connectivity index (χ0n) is 14.3. The van der Waals surface area contributed by atoms with Crippen LogP contribution in [0.5, 0.6) is 0 Å². The predicted molar refractivity (Wildman–Crippen MR) is 95.2 cm³/mol. The molecule has 2 aromatic heterocycles. The lowest BCUT2D eigenvalue weighted by Crippen LogP contribution is -2.59. The molecule has 3 rings (SSSR count). The van der Waals surface area contributed by atoms with E-state index in [2.05, 4.69) is 27.1 Å². The van der Waals surface area contributed by atoms with Crippen LogP contribution in [0.1, 0.15) is 18.5 Å². The molecule has 1 aliphatic rings. The fraction of sp³-hybridized carbons (Fsp3) is 0.353. The van der Waals surface area contributed by atoms with Gasteiger partial charge in [0.05, 0.1) is 11.6 Å². The van der Waals surface area contributed by atoms with Crippen LogP contribution in [-0.2, 0) is 17.0 Å². The highest BCUT2D eigenvalue weighted by molar-refractivity contribution is 7.98. The maximum Gasteiger partial charge on any atom is 0.324 e. The maximum absolute atomic E-state index is 12.6. The van der Waals surface area contributed by atoms with Crippen LogP contribution >= 0.6 is 11.8 Å². The van der Waals surface area contributed by atoms with Crippen LogP contribution in [0, 0.1) is 5.92 Å². The number of pyridine rings is 1. The highest BCUT2D eigenvalue weighted by Crippen LogP contribution is 2.24. The molecule has 1 aliphatic heterocycles. The molecule has 8 nitrogen and oxygen atoms in total. The van der Waals surface area contributed by atoms with Crippen LogP contribution < -0.4 is 5.32 Å². The third-order valence-electron chi connectivity index (χ3n) is 4.01. The molecule has 0 aromatic carbocycles. The number of nitrogens with one attached hydrogen (secondary N) is 1. The Bertz CT molecular complexity index is 795. The van der Waals surface area contributed by atoms with E-state index in [1.807, 2.05) is 18.2 Å². The van der Waals surface area contributed by atoms with Crippen LogP contribution in [0.2, 0.25) is 0 Å². The first kappa shape index (κ1) is 18.1. The van der Waals surface area contributed by atoms with Gasteiger partial charge in [0.15, 0.2) is 0 Å². The molecule has 2 aromatic rings. The van der Waals surface area contributed by atoms with Gasteiger partial charge < -0.3 is 9.73 Å². The number of urea groups is 1. The smallest absolute Gasteiger partial charge is 0.324 e. The second-order valence-electron chi connectivity index (χ2n) is 5.86. The number of rotatable bonds is 7. The largest absolute Gasteiger partial charge is 0.416 e. The second-order valence-corrected chi connectivity index (χ2v) is 6.78. The van der Waals surface area contributed by atoms with Crippen LogP contribution in [-0.4, -0.2) is 44.6 Å². The van der Waals surface area contributed by atoms with Gasteiger partial charge in [-0.1, -0.05) is 23.9 Å². The molecule has 1 saturated heterocycles. The Hall–Kier alpha value is -2.68. The number of thioether (sulfide) groups is 1. The predicted octanol–water partition coefficient (Wildman–Crippen LogP) is 2.04. The standard InChI is InChI=1S/C17H19N5O3S/c1-3-8-22-15(23)13(11(2)19-16(22)24)9-14-20-21-17(25-14)26-10-12-6-4-5-7-18-12/h3-7,11,13H,1,8-10H2,2H3,(H,19,24). The molecule has 136 valence electrons. The summed E-state index contributed by atoms with van der Waals surface area (Å²) in [5, 5.41) is 11.2.